The van der Waals surface area contributed by atoms with E-state index in [1.807, 2.05) is 0 Å². The summed E-state index contributed by atoms with van der Waals surface area (Å²) >= 11 is 0. The highest BCUT2D eigenvalue weighted by atomic mass is 19.1. The van der Waals surface area contributed by atoms with E-state index < -0.39 is 12.1 Å². The third-order valence-electron chi connectivity index (χ3n) is 3.60. The number of nitrogen functional groups attached to an aromatic ring is 1. The van der Waals surface area contributed by atoms with Crippen molar-refractivity contribution in [1.82, 2.24) is 15.3 Å². The van der Waals surface area contributed by atoms with E-state index in [0.29, 0.717) is 16.8 Å². The van der Waals surface area contributed by atoms with Gasteiger partial charge in [-0.2, -0.15) is 4.98 Å². The van der Waals surface area contributed by atoms with Gasteiger partial charge in [0, 0.05) is 5.56 Å². The number of aryl methyl sites for hydroxylation is 2. The zero-order valence-corrected chi connectivity index (χ0v) is 13.7. The normalized spacial score (nSPS) is 12.2. The van der Waals surface area contributed by atoms with Crippen LogP contribution in [0.4, 0.5) is 10.3 Å². The Kier molecular flexibility index (Phi) is 4.22. The SMILES string of the molecule is Cc1ccc(-c2noc(C(C)OC(=O)c3c(C)noc3N)n2)cc1F. The molecular formula is C16H15FN4O4. The fraction of sp³-hybridized carbons (Fsp3) is 0.250. The highest BCUT2D eigenvalue weighted by Crippen LogP contribution is 2.24. The molecule has 0 saturated carbocycles. The Morgan fingerprint density at radius 3 is 2.68 bits per heavy atom. The molecule has 0 spiro atoms. The number of esters is 1. The maximum Gasteiger partial charge on any atom is 0.346 e. The van der Waals surface area contributed by atoms with E-state index in [-0.39, 0.29) is 29.0 Å². The number of ether oxygens (including phenoxy) is 1. The first kappa shape index (κ1) is 16.6. The molecule has 1 aromatic carbocycles. The summed E-state index contributed by atoms with van der Waals surface area (Å²) in [4.78, 5) is 16.3. The first-order chi connectivity index (χ1) is 11.9. The largest absolute Gasteiger partial charge is 0.449 e. The van der Waals surface area contributed by atoms with E-state index in [9.17, 15) is 9.18 Å². The summed E-state index contributed by atoms with van der Waals surface area (Å²) in [5.74, 6) is -0.961. The van der Waals surface area contributed by atoms with Crippen LogP contribution in [0.15, 0.2) is 27.2 Å². The highest BCUT2D eigenvalue weighted by molar-refractivity contribution is 5.94. The van der Waals surface area contributed by atoms with Gasteiger partial charge in [0.15, 0.2) is 6.10 Å². The van der Waals surface area contributed by atoms with Crippen LogP contribution >= 0.6 is 0 Å². The van der Waals surface area contributed by atoms with Gasteiger partial charge in [-0.1, -0.05) is 22.4 Å². The first-order valence-corrected chi connectivity index (χ1v) is 7.39. The van der Waals surface area contributed by atoms with Gasteiger partial charge >= 0.3 is 5.97 Å². The molecule has 3 rings (SSSR count). The van der Waals surface area contributed by atoms with E-state index in [0.717, 1.165) is 0 Å². The summed E-state index contributed by atoms with van der Waals surface area (Å²) in [5, 5.41) is 7.37. The minimum Gasteiger partial charge on any atom is -0.449 e. The van der Waals surface area contributed by atoms with Gasteiger partial charge < -0.3 is 19.5 Å². The van der Waals surface area contributed by atoms with Crippen LogP contribution in [-0.4, -0.2) is 21.3 Å². The molecule has 25 heavy (non-hydrogen) atoms. The minimum absolute atomic E-state index is 0.0483. The third-order valence-corrected chi connectivity index (χ3v) is 3.60. The van der Waals surface area contributed by atoms with Crippen molar-refractivity contribution in [3.63, 3.8) is 0 Å². The molecule has 0 aliphatic heterocycles. The van der Waals surface area contributed by atoms with Gasteiger partial charge in [0.2, 0.25) is 11.7 Å². The third kappa shape index (κ3) is 3.21. The molecule has 0 fully saturated rings. The number of anilines is 1. The Morgan fingerprint density at radius 1 is 1.28 bits per heavy atom. The Labute approximate surface area is 141 Å². The molecule has 130 valence electrons. The van der Waals surface area contributed by atoms with Gasteiger partial charge in [0.1, 0.15) is 11.4 Å². The van der Waals surface area contributed by atoms with Gasteiger partial charge in [0.25, 0.3) is 5.89 Å². The van der Waals surface area contributed by atoms with Gasteiger partial charge in [-0.3, -0.25) is 0 Å². The van der Waals surface area contributed by atoms with Crippen LogP contribution in [0.25, 0.3) is 11.4 Å². The van der Waals surface area contributed by atoms with Gasteiger partial charge in [-0.25, -0.2) is 9.18 Å². The van der Waals surface area contributed by atoms with Crippen molar-refractivity contribution in [3.8, 4) is 11.4 Å². The van der Waals surface area contributed by atoms with Crippen molar-refractivity contribution >= 4 is 11.9 Å². The summed E-state index contributed by atoms with van der Waals surface area (Å²) in [6.45, 7) is 4.78. The van der Waals surface area contributed by atoms with Crippen LogP contribution in [0.3, 0.4) is 0 Å². The molecule has 3 aromatic rings. The van der Waals surface area contributed by atoms with E-state index in [4.69, 9.17) is 19.5 Å². The maximum absolute atomic E-state index is 13.7. The van der Waals surface area contributed by atoms with E-state index in [1.54, 1.807) is 32.9 Å². The molecule has 1 unspecified atom stereocenters. The lowest BCUT2D eigenvalue weighted by Crippen LogP contribution is -2.11. The predicted molar refractivity (Wildman–Crippen MR) is 83.9 cm³/mol. The zero-order chi connectivity index (χ0) is 18.1. The van der Waals surface area contributed by atoms with Crippen molar-refractivity contribution in [2.24, 2.45) is 0 Å². The molecule has 8 nitrogen and oxygen atoms in total. The lowest BCUT2D eigenvalue weighted by Gasteiger charge is -2.08. The Bertz CT molecular complexity index is 915. The first-order valence-electron chi connectivity index (χ1n) is 7.39. The average molecular weight is 346 g/mol. The molecule has 2 aromatic heterocycles. The molecule has 0 saturated heterocycles. The lowest BCUT2D eigenvalue weighted by atomic mass is 10.1. The molecule has 0 aliphatic rings. The second-order valence-electron chi connectivity index (χ2n) is 5.47. The van der Waals surface area contributed by atoms with E-state index in [1.165, 1.54) is 6.07 Å². The summed E-state index contributed by atoms with van der Waals surface area (Å²) in [6, 6.07) is 4.59. The smallest absolute Gasteiger partial charge is 0.346 e. The second kappa shape index (κ2) is 6.34. The van der Waals surface area contributed by atoms with Gasteiger partial charge in [-0.15, -0.1) is 0 Å². The Hall–Kier alpha value is -3.23. The van der Waals surface area contributed by atoms with Crippen molar-refractivity contribution in [2.75, 3.05) is 5.73 Å². The molecule has 0 radical (unpaired) electrons. The van der Waals surface area contributed by atoms with Crippen LogP contribution in [0.1, 0.15) is 40.5 Å². The van der Waals surface area contributed by atoms with Crippen molar-refractivity contribution in [1.29, 1.82) is 0 Å². The average Bonchev–Trinajstić information content (AvgIpc) is 3.17. The van der Waals surface area contributed by atoms with Crippen molar-refractivity contribution < 1.29 is 23.0 Å². The fourth-order valence-electron chi connectivity index (χ4n) is 2.15. The van der Waals surface area contributed by atoms with Crippen LogP contribution < -0.4 is 5.73 Å². The number of halogens is 1. The van der Waals surface area contributed by atoms with Crippen molar-refractivity contribution in [2.45, 2.75) is 26.9 Å². The topological polar surface area (TPSA) is 117 Å². The summed E-state index contributed by atoms with van der Waals surface area (Å²) in [7, 11) is 0. The molecule has 2 heterocycles. The number of hydrogen-bond acceptors (Lipinski definition) is 8. The van der Waals surface area contributed by atoms with E-state index >= 15 is 0 Å². The van der Waals surface area contributed by atoms with Gasteiger partial charge in [0.05, 0.1) is 5.69 Å². The van der Waals surface area contributed by atoms with Crippen LogP contribution in [-0.2, 0) is 4.74 Å². The number of carbonyl (C=O) groups excluding carboxylic acids is 1. The monoisotopic (exact) mass is 346 g/mol. The molecule has 0 bridgehead atoms. The maximum atomic E-state index is 13.7. The number of nitrogens with zero attached hydrogens (tertiary/aromatic N) is 3. The molecule has 1 atom stereocenters. The van der Waals surface area contributed by atoms with Crippen molar-refractivity contribution in [3.05, 3.63) is 46.7 Å². The standard InChI is InChI=1S/C16H15FN4O4/c1-7-4-5-10(6-11(7)17)14-19-15(25-21-14)9(3)23-16(22)12-8(2)20-24-13(12)18/h4-6,9H,18H2,1-3H3. The Balaban J connectivity index is 1.77. The zero-order valence-electron chi connectivity index (χ0n) is 13.7. The molecular weight excluding hydrogens is 331 g/mol. The molecule has 9 heteroatoms. The van der Waals surface area contributed by atoms with Crippen LogP contribution in [0, 0.1) is 19.7 Å². The summed E-state index contributed by atoms with van der Waals surface area (Å²) in [6.07, 6.45) is -0.835. The van der Waals surface area contributed by atoms with Gasteiger partial charge in [-0.05, 0) is 32.4 Å². The van der Waals surface area contributed by atoms with E-state index in [2.05, 4.69) is 15.3 Å². The summed E-state index contributed by atoms with van der Waals surface area (Å²) in [5.41, 5.74) is 6.88. The summed E-state index contributed by atoms with van der Waals surface area (Å²) < 4.78 is 28.7. The number of nitrogens with two attached hydrogens (primary N) is 1. The predicted octanol–water partition coefficient (Wildman–Crippen LogP) is 2.98. The Morgan fingerprint density at radius 2 is 2.04 bits per heavy atom. The highest BCUT2D eigenvalue weighted by Gasteiger charge is 2.25. The number of carbonyl (C=O) groups is 1. The number of rotatable bonds is 4. The number of hydrogen-bond donors (Lipinski definition) is 1. The fourth-order valence-corrected chi connectivity index (χ4v) is 2.15. The number of aromatic nitrogens is 3. The molecule has 0 amide bonds. The number of benzene rings is 1. The van der Waals surface area contributed by atoms with Crippen LogP contribution in [0.2, 0.25) is 0 Å². The molecule has 2 N–H and O–H groups in total. The lowest BCUT2D eigenvalue weighted by molar-refractivity contribution is 0.0265. The van der Waals surface area contributed by atoms with Crippen LogP contribution in [0.5, 0.6) is 0 Å². The molecule has 0 aliphatic carbocycles. The second-order valence-corrected chi connectivity index (χ2v) is 5.47. The quantitative estimate of drug-likeness (QED) is 0.716. The minimum atomic E-state index is -0.835.